The zero-order chi connectivity index (χ0) is 20.9. The molecule has 3 rings (SSSR count). The van der Waals surface area contributed by atoms with Crippen molar-refractivity contribution in [3.05, 3.63) is 12.4 Å². The fourth-order valence-electron chi connectivity index (χ4n) is 3.15. The van der Waals surface area contributed by atoms with Crippen LogP contribution in [0.1, 0.15) is 19.8 Å². The molecule has 11 heteroatoms. The molecule has 3 heterocycles. The number of hydrogen-bond donors (Lipinski definition) is 1. The van der Waals surface area contributed by atoms with Gasteiger partial charge in [-0.2, -0.15) is 13.2 Å². The van der Waals surface area contributed by atoms with Gasteiger partial charge in [0.1, 0.15) is 23.6 Å². The summed E-state index contributed by atoms with van der Waals surface area (Å²) in [6.07, 6.45) is -1.12. The van der Waals surface area contributed by atoms with Crippen molar-refractivity contribution in [2.45, 2.75) is 37.6 Å². The Bertz CT molecular complexity index is 664. The van der Waals surface area contributed by atoms with Gasteiger partial charge in [-0.25, -0.2) is 14.8 Å². The fourth-order valence-corrected chi connectivity index (χ4v) is 3.15. The second kappa shape index (κ2) is 8.91. The van der Waals surface area contributed by atoms with Crippen LogP contribution in [0.4, 0.5) is 24.8 Å². The van der Waals surface area contributed by atoms with E-state index >= 15 is 0 Å². The molecule has 0 aromatic carbocycles. The molecule has 0 aliphatic carbocycles. The topological polar surface area (TPSA) is 88.0 Å². The van der Waals surface area contributed by atoms with Crippen molar-refractivity contribution in [3.63, 3.8) is 0 Å². The summed E-state index contributed by atoms with van der Waals surface area (Å²) in [5.41, 5.74) is -0.0404. The van der Waals surface area contributed by atoms with E-state index in [-0.39, 0.29) is 5.60 Å². The maximum atomic E-state index is 10.6. The molecule has 158 valence electrons. The normalized spacial score (nSPS) is 20.8. The van der Waals surface area contributed by atoms with E-state index in [9.17, 15) is 13.2 Å². The quantitative estimate of drug-likeness (QED) is 0.812. The molecule has 0 saturated carbocycles. The third-order valence-electron chi connectivity index (χ3n) is 4.47. The standard InChI is InChI=1S/C15H24N4O2.C2HF3O2/c1-4-20-12-5-6-21-15(8-12)9-19(10-15)14-7-13(18(2)3)16-11-17-14;3-2(4,5)1(6)7/h7,11-12H,4-6,8-10H2,1-3H3;(H,6,7). The SMILES string of the molecule is CCOC1CCOC2(C1)CN(c1cc(N(C)C)ncn1)C2.O=C(O)C(F)(F)F. The Hall–Kier alpha value is -2.14. The highest BCUT2D eigenvalue weighted by molar-refractivity contribution is 5.73. The summed E-state index contributed by atoms with van der Waals surface area (Å²) in [7, 11) is 3.97. The van der Waals surface area contributed by atoms with Gasteiger partial charge in [0.15, 0.2) is 0 Å². The van der Waals surface area contributed by atoms with Crippen molar-refractivity contribution in [2.75, 3.05) is 50.2 Å². The Kier molecular flexibility index (Phi) is 7.05. The summed E-state index contributed by atoms with van der Waals surface area (Å²) in [6, 6.07) is 2.02. The lowest BCUT2D eigenvalue weighted by Gasteiger charge is -2.53. The van der Waals surface area contributed by atoms with Crippen molar-refractivity contribution in [3.8, 4) is 0 Å². The molecule has 0 radical (unpaired) electrons. The highest BCUT2D eigenvalue weighted by atomic mass is 19.4. The summed E-state index contributed by atoms with van der Waals surface area (Å²) in [5, 5.41) is 7.12. The van der Waals surface area contributed by atoms with E-state index in [1.54, 1.807) is 6.33 Å². The van der Waals surface area contributed by atoms with Gasteiger partial charge in [-0.3, -0.25) is 0 Å². The van der Waals surface area contributed by atoms with Gasteiger partial charge in [-0.15, -0.1) is 0 Å². The first-order chi connectivity index (χ1) is 13.1. The number of alkyl halides is 3. The molecule has 28 heavy (non-hydrogen) atoms. The third kappa shape index (κ3) is 5.68. The molecule has 8 nitrogen and oxygen atoms in total. The smallest absolute Gasteiger partial charge is 0.475 e. The van der Waals surface area contributed by atoms with E-state index in [1.165, 1.54) is 0 Å². The van der Waals surface area contributed by atoms with Crippen LogP contribution in [0.2, 0.25) is 0 Å². The summed E-state index contributed by atoms with van der Waals surface area (Å²) in [6.45, 7) is 5.41. The van der Waals surface area contributed by atoms with Crippen molar-refractivity contribution in [2.24, 2.45) is 0 Å². The minimum atomic E-state index is -5.08. The van der Waals surface area contributed by atoms with E-state index in [4.69, 9.17) is 19.4 Å². The van der Waals surface area contributed by atoms with E-state index in [2.05, 4.69) is 21.8 Å². The summed E-state index contributed by atoms with van der Waals surface area (Å²) in [4.78, 5) is 21.8. The zero-order valence-corrected chi connectivity index (χ0v) is 16.1. The molecule has 1 spiro atoms. The molecular formula is C17H25F3N4O4. The van der Waals surface area contributed by atoms with Crippen LogP contribution >= 0.6 is 0 Å². The summed E-state index contributed by atoms with van der Waals surface area (Å²) < 4.78 is 43.5. The van der Waals surface area contributed by atoms with E-state index in [0.717, 1.165) is 50.8 Å². The lowest BCUT2D eigenvalue weighted by Crippen LogP contribution is -2.66. The van der Waals surface area contributed by atoms with Gasteiger partial charge < -0.3 is 24.4 Å². The van der Waals surface area contributed by atoms with Crippen LogP contribution in [0.5, 0.6) is 0 Å². The monoisotopic (exact) mass is 406 g/mol. The van der Waals surface area contributed by atoms with Gasteiger partial charge >= 0.3 is 12.1 Å². The first-order valence-corrected chi connectivity index (χ1v) is 8.86. The predicted molar refractivity (Wildman–Crippen MR) is 95.6 cm³/mol. The van der Waals surface area contributed by atoms with Gasteiger partial charge in [0.05, 0.1) is 19.2 Å². The van der Waals surface area contributed by atoms with Crippen LogP contribution in [0.3, 0.4) is 0 Å². The van der Waals surface area contributed by atoms with E-state index in [1.807, 2.05) is 25.1 Å². The molecular weight excluding hydrogens is 381 g/mol. The van der Waals surface area contributed by atoms with Gasteiger partial charge in [0, 0.05) is 39.8 Å². The van der Waals surface area contributed by atoms with Crippen LogP contribution in [-0.4, -0.2) is 79.3 Å². The maximum absolute atomic E-state index is 10.6. The highest BCUT2D eigenvalue weighted by Crippen LogP contribution is 2.37. The number of carboxylic acids is 1. The summed E-state index contributed by atoms with van der Waals surface area (Å²) >= 11 is 0. The molecule has 1 unspecified atom stereocenters. The Morgan fingerprint density at radius 1 is 1.43 bits per heavy atom. The fraction of sp³-hybridized carbons (Fsp3) is 0.706. The Labute approximate surface area is 161 Å². The molecule has 2 aliphatic heterocycles. The molecule has 2 aliphatic rings. The number of carbonyl (C=O) groups is 1. The largest absolute Gasteiger partial charge is 0.490 e. The molecule has 0 bridgehead atoms. The minimum absolute atomic E-state index is 0.0404. The molecule has 0 amide bonds. The van der Waals surface area contributed by atoms with Crippen molar-refractivity contribution >= 4 is 17.6 Å². The van der Waals surface area contributed by atoms with Gasteiger partial charge in [-0.05, 0) is 13.3 Å². The van der Waals surface area contributed by atoms with Gasteiger partial charge in [0.2, 0.25) is 0 Å². The first kappa shape index (κ1) is 22.2. The Morgan fingerprint density at radius 2 is 2.07 bits per heavy atom. The molecule has 2 fully saturated rings. The maximum Gasteiger partial charge on any atom is 0.490 e. The Balaban J connectivity index is 0.000000345. The number of halogens is 3. The van der Waals surface area contributed by atoms with Crippen LogP contribution in [0.15, 0.2) is 12.4 Å². The van der Waals surface area contributed by atoms with Crippen molar-refractivity contribution < 1.29 is 32.5 Å². The van der Waals surface area contributed by atoms with Crippen LogP contribution in [-0.2, 0) is 14.3 Å². The minimum Gasteiger partial charge on any atom is -0.475 e. The number of aromatic nitrogens is 2. The number of nitrogens with zero attached hydrogens (tertiary/aromatic N) is 4. The van der Waals surface area contributed by atoms with E-state index in [0.29, 0.717) is 6.10 Å². The number of ether oxygens (including phenoxy) is 2. The lowest BCUT2D eigenvalue weighted by atomic mass is 9.84. The van der Waals surface area contributed by atoms with Gasteiger partial charge in [0.25, 0.3) is 0 Å². The molecule has 1 atom stereocenters. The number of anilines is 2. The number of carboxylic acid groups (broad SMARTS) is 1. The van der Waals surface area contributed by atoms with Crippen LogP contribution in [0, 0.1) is 0 Å². The van der Waals surface area contributed by atoms with Crippen molar-refractivity contribution in [1.29, 1.82) is 0 Å². The van der Waals surface area contributed by atoms with Crippen LogP contribution in [0.25, 0.3) is 0 Å². The Morgan fingerprint density at radius 3 is 2.61 bits per heavy atom. The van der Waals surface area contributed by atoms with Crippen LogP contribution < -0.4 is 9.80 Å². The van der Waals surface area contributed by atoms with Gasteiger partial charge in [-0.1, -0.05) is 0 Å². The third-order valence-corrected chi connectivity index (χ3v) is 4.47. The zero-order valence-electron chi connectivity index (χ0n) is 16.1. The highest BCUT2D eigenvalue weighted by Gasteiger charge is 2.48. The average molecular weight is 406 g/mol. The predicted octanol–water partition coefficient (Wildman–Crippen LogP) is 1.95. The summed E-state index contributed by atoms with van der Waals surface area (Å²) in [5.74, 6) is -0.855. The number of hydrogen-bond acceptors (Lipinski definition) is 7. The van der Waals surface area contributed by atoms with E-state index < -0.39 is 12.1 Å². The van der Waals surface area contributed by atoms with Crippen molar-refractivity contribution in [1.82, 2.24) is 9.97 Å². The molecule has 1 aromatic heterocycles. The second-order valence-corrected chi connectivity index (χ2v) is 6.89. The molecule has 2 saturated heterocycles. The average Bonchev–Trinajstić information content (AvgIpc) is 2.60. The lowest BCUT2D eigenvalue weighted by molar-refractivity contribution is -0.192. The number of rotatable bonds is 4. The second-order valence-electron chi connectivity index (χ2n) is 6.89. The molecule has 1 aromatic rings. The number of aliphatic carboxylic acids is 1. The molecule has 1 N–H and O–H groups in total. The first-order valence-electron chi connectivity index (χ1n) is 8.86.